The highest BCUT2D eigenvalue weighted by molar-refractivity contribution is 7.14. The molecule has 0 spiro atoms. The molecule has 2 N–H and O–H groups in total. The van der Waals surface area contributed by atoms with Crippen LogP contribution in [-0.4, -0.2) is 45.5 Å². The molecular weight excluding hydrogens is 535 g/mol. The summed E-state index contributed by atoms with van der Waals surface area (Å²) >= 11 is 0.649. The van der Waals surface area contributed by atoms with E-state index >= 15 is 0 Å². The number of carbonyl (C=O) groups excluding carboxylic acids is 1. The molecule has 0 unspecified atom stereocenters. The fraction of sp³-hybridized carbons (Fsp3) is 0.630. The number of aromatic amines is 1. The summed E-state index contributed by atoms with van der Waals surface area (Å²) in [5.41, 5.74) is -2.28. The van der Waals surface area contributed by atoms with Gasteiger partial charge in [-0.25, -0.2) is 9.89 Å². The molecule has 8 nitrogen and oxygen atoms in total. The number of nitrogens with one attached hydrogen (secondary N) is 1. The highest BCUT2D eigenvalue weighted by atomic mass is 32.1. The van der Waals surface area contributed by atoms with Gasteiger partial charge in [0.25, 0.3) is 5.56 Å². The number of carboxylic acid groups (broad SMARTS) is 1. The van der Waals surface area contributed by atoms with Crippen molar-refractivity contribution >= 4 is 28.9 Å². The number of ether oxygens (including phenoxy) is 1. The molecule has 3 fully saturated rings. The highest BCUT2D eigenvalue weighted by Crippen LogP contribution is 2.61. The van der Waals surface area contributed by atoms with Crippen LogP contribution in [-0.2, 0) is 10.2 Å². The van der Waals surface area contributed by atoms with Crippen LogP contribution in [0, 0.1) is 11.8 Å². The molecule has 0 saturated heterocycles. The molecule has 3 saturated carbocycles. The second-order valence-corrected chi connectivity index (χ2v) is 12.2. The fourth-order valence-corrected chi connectivity index (χ4v) is 7.19. The van der Waals surface area contributed by atoms with Gasteiger partial charge in [0.15, 0.2) is 0 Å². The number of hydrogen-bond acceptors (Lipinski definition) is 6. The number of nitrogens with zero attached hydrogens (tertiary/aromatic N) is 2. The predicted octanol–water partition coefficient (Wildman–Crippen LogP) is 5.67. The summed E-state index contributed by atoms with van der Waals surface area (Å²) in [4.78, 5) is 38.8. The van der Waals surface area contributed by atoms with Crippen molar-refractivity contribution < 1.29 is 32.6 Å². The Hall–Kier alpha value is -2.89. The van der Waals surface area contributed by atoms with Gasteiger partial charge in [0, 0.05) is 29.0 Å². The van der Waals surface area contributed by atoms with Crippen LogP contribution in [0.3, 0.4) is 0 Å². The van der Waals surface area contributed by atoms with Crippen LogP contribution in [0.15, 0.2) is 23.0 Å². The molecular formula is C27H32F3N3O5S. The van der Waals surface area contributed by atoms with Crippen LogP contribution in [0.2, 0.25) is 0 Å². The molecule has 2 aromatic rings. The Balaban J connectivity index is 1.43. The van der Waals surface area contributed by atoms with E-state index in [1.165, 1.54) is 23.1 Å². The van der Waals surface area contributed by atoms with E-state index in [9.17, 15) is 32.7 Å². The second kappa shape index (κ2) is 10.6. The third-order valence-corrected chi connectivity index (χ3v) is 9.80. The molecule has 0 radical (unpaired) electrons. The smallest absolute Gasteiger partial charge is 0.399 e. The Morgan fingerprint density at radius 3 is 2.31 bits per heavy atom. The molecule has 2 heterocycles. The van der Waals surface area contributed by atoms with Crippen LogP contribution in [0.5, 0.6) is 5.88 Å². The molecule has 0 atom stereocenters. The van der Waals surface area contributed by atoms with Crippen molar-refractivity contribution in [3.05, 3.63) is 38.3 Å². The lowest BCUT2D eigenvalue weighted by molar-refractivity contribution is -0.159. The molecule has 0 aliphatic heterocycles. The van der Waals surface area contributed by atoms with Crippen LogP contribution >= 0.6 is 11.3 Å². The quantitative estimate of drug-likeness (QED) is 0.446. The third-order valence-electron chi connectivity index (χ3n) is 8.48. The molecule has 39 heavy (non-hydrogen) atoms. The first-order valence-corrected chi connectivity index (χ1v) is 14.3. The lowest BCUT2D eigenvalue weighted by Crippen LogP contribution is -2.47. The number of aromatic nitrogens is 2. The topological polar surface area (TPSA) is 113 Å². The number of hydrogen-bond donors (Lipinski definition) is 2. The Bertz CT molecular complexity index is 1250. The Labute approximate surface area is 227 Å². The number of carbonyl (C=O) groups is 2. The van der Waals surface area contributed by atoms with Crippen molar-refractivity contribution in [3.63, 3.8) is 0 Å². The fourth-order valence-electron chi connectivity index (χ4n) is 5.93. The number of rotatable bonds is 7. The van der Waals surface area contributed by atoms with Crippen LogP contribution < -0.4 is 15.2 Å². The van der Waals surface area contributed by atoms with Crippen LogP contribution in [0.4, 0.5) is 18.9 Å². The van der Waals surface area contributed by atoms with E-state index < -0.39 is 17.6 Å². The molecule has 3 aliphatic carbocycles. The maximum atomic E-state index is 14.0. The maximum absolute atomic E-state index is 14.0. The van der Waals surface area contributed by atoms with Gasteiger partial charge in [-0.05, 0) is 76.2 Å². The minimum absolute atomic E-state index is 0.0290. The van der Waals surface area contributed by atoms with E-state index in [0.29, 0.717) is 55.8 Å². The van der Waals surface area contributed by atoms with Gasteiger partial charge in [-0.15, -0.1) is 16.4 Å². The van der Waals surface area contributed by atoms with Crippen molar-refractivity contribution in [2.24, 2.45) is 11.8 Å². The lowest BCUT2D eigenvalue weighted by atomic mass is 9.81. The number of amides is 1. The summed E-state index contributed by atoms with van der Waals surface area (Å²) in [7, 11) is 0. The number of carboxylic acids is 1. The monoisotopic (exact) mass is 567 g/mol. The molecule has 12 heteroatoms. The van der Waals surface area contributed by atoms with Gasteiger partial charge in [0.2, 0.25) is 11.8 Å². The highest BCUT2D eigenvalue weighted by Gasteiger charge is 2.65. The first-order valence-electron chi connectivity index (χ1n) is 13.5. The van der Waals surface area contributed by atoms with Gasteiger partial charge in [-0.2, -0.15) is 13.2 Å². The van der Waals surface area contributed by atoms with Crippen molar-refractivity contribution in [2.45, 2.75) is 94.9 Å². The first kappa shape index (κ1) is 27.7. The van der Waals surface area contributed by atoms with Crippen molar-refractivity contribution in [2.75, 3.05) is 4.90 Å². The van der Waals surface area contributed by atoms with E-state index in [1.54, 1.807) is 0 Å². The number of halogens is 3. The van der Waals surface area contributed by atoms with Crippen LogP contribution in [0.1, 0.15) is 85.7 Å². The summed E-state index contributed by atoms with van der Waals surface area (Å²) < 4.78 is 47.7. The van der Waals surface area contributed by atoms with Gasteiger partial charge >= 0.3 is 12.1 Å². The van der Waals surface area contributed by atoms with Crippen LogP contribution in [0.25, 0.3) is 0 Å². The van der Waals surface area contributed by atoms with Crippen molar-refractivity contribution in [1.82, 2.24) is 10.2 Å². The summed E-state index contributed by atoms with van der Waals surface area (Å²) in [5, 5.41) is 16.2. The van der Waals surface area contributed by atoms with Crippen molar-refractivity contribution in [1.29, 1.82) is 0 Å². The van der Waals surface area contributed by atoms with Crippen molar-refractivity contribution in [3.8, 4) is 5.88 Å². The molecule has 2 aromatic heterocycles. The molecule has 212 valence electrons. The Morgan fingerprint density at radius 2 is 1.77 bits per heavy atom. The second-order valence-electron chi connectivity index (χ2n) is 11.2. The minimum Gasteiger partial charge on any atom is -0.477 e. The number of thiophene rings is 1. The lowest BCUT2D eigenvalue weighted by Gasteiger charge is -2.39. The van der Waals surface area contributed by atoms with E-state index in [-0.39, 0.29) is 63.7 Å². The molecule has 3 aliphatic rings. The Kier molecular flexibility index (Phi) is 7.51. The van der Waals surface area contributed by atoms with Gasteiger partial charge in [0.1, 0.15) is 16.4 Å². The predicted molar refractivity (Wildman–Crippen MR) is 138 cm³/mol. The summed E-state index contributed by atoms with van der Waals surface area (Å²) in [6, 6.07) is 3.76. The van der Waals surface area contributed by atoms with E-state index in [0.717, 1.165) is 12.8 Å². The number of aromatic carboxylic acids is 1. The molecule has 1 amide bonds. The average Bonchev–Trinajstić information content (AvgIpc) is 3.61. The normalized spacial score (nSPS) is 26.6. The standard InChI is InChI=1S/C27H32F3N3O5S/c1-15-2-4-16(5-3-15)24(35)33(17-6-8-18(9-7-17)38-22-11-10-21(34)31-32-22)19-14-20(39-23(19)25(36)37)26(12-13-26)27(28,29)30/h10-11,14-18H,2-9,12-13H2,1H3,(H,31,34)(H,36,37). The minimum atomic E-state index is -4.48. The molecule has 0 aromatic carbocycles. The summed E-state index contributed by atoms with van der Waals surface area (Å²) in [5.74, 6) is -1.03. The van der Waals surface area contributed by atoms with E-state index in [1.807, 2.05) is 0 Å². The first-order chi connectivity index (χ1) is 18.5. The van der Waals surface area contributed by atoms with Gasteiger partial charge in [-0.1, -0.05) is 6.92 Å². The SMILES string of the molecule is CC1CCC(C(=O)N(c2cc(C3(C(F)(F)F)CC3)sc2C(=O)O)C2CCC(Oc3ccc(=O)[nH]n3)CC2)CC1. The van der Waals surface area contributed by atoms with Gasteiger partial charge in [0.05, 0.1) is 5.69 Å². The number of alkyl halides is 3. The van der Waals surface area contributed by atoms with Gasteiger partial charge < -0.3 is 14.7 Å². The molecule has 5 rings (SSSR count). The Morgan fingerprint density at radius 1 is 1.10 bits per heavy atom. The zero-order chi connectivity index (χ0) is 27.9. The maximum Gasteiger partial charge on any atom is 0.399 e. The zero-order valence-corrected chi connectivity index (χ0v) is 22.4. The third kappa shape index (κ3) is 5.57. The zero-order valence-electron chi connectivity index (χ0n) is 21.6. The van der Waals surface area contributed by atoms with E-state index in [2.05, 4.69) is 17.1 Å². The number of H-pyrrole nitrogens is 1. The summed E-state index contributed by atoms with van der Waals surface area (Å²) in [6.45, 7) is 2.14. The average molecular weight is 568 g/mol. The largest absolute Gasteiger partial charge is 0.477 e. The van der Waals surface area contributed by atoms with E-state index in [4.69, 9.17) is 4.74 Å². The number of anilines is 1. The summed E-state index contributed by atoms with van der Waals surface area (Å²) in [6.07, 6.45) is 0.354. The molecule has 0 bridgehead atoms. The van der Waals surface area contributed by atoms with Gasteiger partial charge in [-0.3, -0.25) is 9.59 Å².